The summed E-state index contributed by atoms with van der Waals surface area (Å²) >= 11 is 0. The second kappa shape index (κ2) is 4.59. The standard InChI is InChI=1S/C11H11N3O3/c1-14(11-4-3-5-17-11)9-6-10(16-2)13-8(7-15)12-9/h3-6,13H,1-2H3. The van der Waals surface area contributed by atoms with Gasteiger partial charge >= 0.3 is 0 Å². The minimum Gasteiger partial charge on any atom is -0.482 e. The number of aliphatic imine (C=N–C) groups is 1. The molecule has 0 radical (unpaired) electrons. The van der Waals surface area contributed by atoms with Crippen LogP contribution in [0.25, 0.3) is 0 Å². The van der Waals surface area contributed by atoms with Crippen molar-refractivity contribution in [2.75, 3.05) is 19.1 Å². The molecule has 0 atom stereocenters. The van der Waals surface area contributed by atoms with Crippen LogP contribution in [-0.4, -0.2) is 25.9 Å². The normalized spacial score (nSPS) is 14.4. The number of nitrogens with one attached hydrogen (secondary N) is 1. The molecule has 2 rings (SSSR count). The number of rotatable bonds is 2. The van der Waals surface area contributed by atoms with E-state index in [2.05, 4.69) is 10.3 Å². The van der Waals surface area contributed by atoms with Gasteiger partial charge in [0.2, 0.25) is 11.7 Å². The smallest absolute Gasteiger partial charge is 0.221 e. The van der Waals surface area contributed by atoms with Gasteiger partial charge in [-0.25, -0.2) is 9.79 Å². The van der Waals surface area contributed by atoms with Gasteiger partial charge in [-0.2, -0.15) is 0 Å². The summed E-state index contributed by atoms with van der Waals surface area (Å²) in [7, 11) is 3.27. The molecule has 17 heavy (non-hydrogen) atoms. The van der Waals surface area contributed by atoms with Crippen molar-refractivity contribution in [3.05, 3.63) is 36.2 Å². The van der Waals surface area contributed by atoms with Gasteiger partial charge in [0.1, 0.15) is 5.84 Å². The lowest BCUT2D eigenvalue weighted by atomic mass is 10.4. The SMILES string of the molecule is COC1=CC(N(C)c2ccco2)=NC(=C=O)N1. The molecule has 6 heteroatoms. The number of ether oxygens (including phenoxy) is 1. The molecule has 1 aromatic heterocycles. The largest absolute Gasteiger partial charge is 0.482 e. The maximum absolute atomic E-state index is 10.6. The maximum Gasteiger partial charge on any atom is 0.221 e. The molecule has 2 heterocycles. The van der Waals surface area contributed by atoms with E-state index in [1.807, 2.05) is 0 Å². The number of methoxy groups -OCH3 is 1. The molecule has 0 spiro atoms. The van der Waals surface area contributed by atoms with Gasteiger partial charge in [-0.1, -0.05) is 0 Å². The van der Waals surface area contributed by atoms with Crippen LogP contribution in [0.5, 0.6) is 0 Å². The van der Waals surface area contributed by atoms with Crippen LogP contribution in [0.4, 0.5) is 5.88 Å². The van der Waals surface area contributed by atoms with E-state index in [0.717, 1.165) is 0 Å². The topological polar surface area (TPSA) is 67.1 Å². The number of hydrogen-bond acceptors (Lipinski definition) is 6. The Kier molecular flexibility index (Phi) is 2.98. The molecule has 1 aliphatic heterocycles. The highest BCUT2D eigenvalue weighted by Gasteiger charge is 2.16. The van der Waals surface area contributed by atoms with E-state index in [0.29, 0.717) is 17.6 Å². The zero-order valence-electron chi connectivity index (χ0n) is 9.43. The minimum atomic E-state index is 0.0674. The Bertz CT molecular complexity index is 510. The van der Waals surface area contributed by atoms with E-state index in [1.165, 1.54) is 7.11 Å². The first-order valence-corrected chi connectivity index (χ1v) is 4.88. The molecule has 6 nitrogen and oxygen atoms in total. The van der Waals surface area contributed by atoms with E-state index in [9.17, 15) is 4.79 Å². The highest BCUT2D eigenvalue weighted by Crippen LogP contribution is 2.16. The molecule has 0 bridgehead atoms. The highest BCUT2D eigenvalue weighted by atomic mass is 16.5. The summed E-state index contributed by atoms with van der Waals surface area (Å²) in [6.45, 7) is 0. The van der Waals surface area contributed by atoms with E-state index in [-0.39, 0.29) is 5.82 Å². The second-order valence-corrected chi connectivity index (χ2v) is 3.27. The van der Waals surface area contributed by atoms with Crippen molar-refractivity contribution in [2.45, 2.75) is 0 Å². The Morgan fingerprint density at radius 3 is 3.00 bits per heavy atom. The van der Waals surface area contributed by atoms with Gasteiger partial charge in [0.25, 0.3) is 0 Å². The number of carbonyl (C=O) groups excluding carboxylic acids is 1. The molecular formula is C11H11N3O3. The van der Waals surface area contributed by atoms with Gasteiger partial charge in [0.05, 0.1) is 13.4 Å². The average Bonchev–Trinajstić information content (AvgIpc) is 2.91. The van der Waals surface area contributed by atoms with Crippen LogP contribution in [0.2, 0.25) is 0 Å². The lowest BCUT2D eigenvalue weighted by Crippen LogP contribution is -2.30. The Balaban J connectivity index is 2.33. The van der Waals surface area contributed by atoms with Gasteiger partial charge in [-0.15, -0.1) is 0 Å². The lowest BCUT2D eigenvalue weighted by molar-refractivity contribution is 0.268. The number of likely N-dealkylation sites (N-methyl/N-ethyl adjacent to an activating group) is 1. The summed E-state index contributed by atoms with van der Waals surface area (Å²) in [4.78, 5) is 16.4. The molecule has 0 aromatic carbocycles. The first-order chi connectivity index (χ1) is 8.24. The van der Waals surface area contributed by atoms with Gasteiger partial charge in [-0.05, 0) is 6.07 Å². The maximum atomic E-state index is 10.6. The third-order valence-electron chi connectivity index (χ3n) is 2.23. The molecule has 1 aliphatic rings. The van der Waals surface area contributed by atoms with Crippen molar-refractivity contribution >= 4 is 17.7 Å². The van der Waals surface area contributed by atoms with E-state index in [1.54, 1.807) is 42.4 Å². The number of nitrogens with zero attached hydrogens (tertiary/aromatic N) is 2. The molecular weight excluding hydrogens is 222 g/mol. The third-order valence-corrected chi connectivity index (χ3v) is 2.23. The summed E-state index contributed by atoms with van der Waals surface area (Å²) in [5, 5.41) is 2.67. The van der Waals surface area contributed by atoms with Gasteiger partial charge < -0.3 is 14.5 Å². The number of furan rings is 1. The molecule has 1 N–H and O–H groups in total. The number of anilines is 1. The van der Waals surface area contributed by atoms with Crippen molar-refractivity contribution in [2.24, 2.45) is 4.99 Å². The summed E-state index contributed by atoms with van der Waals surface area (Å²) in [5.41, 5.74) is 0. The van der Waals surface area contributed by atoms with Crippen LogP contribution in [-0.2, 0) is 9.53 Å². The predicted molar refractivity (Wildman–Crippen MR) is 62.0 cm³/mol. The predicted octanol–water partition coefficient (Wildman–Crippen LogP) is 0.878. The van der Waals surface area contributed by atoms with Crippen molar-refractivity contribution in [3.63, 3.8) is 0 Å². The van der Waals surface area contributed by atoms with E-state index >= 15 is 0 Å². The Labute approximate surface area is 97.9 Å². The molecule has 0 amide bonds. The van der Waals surface area contributed by atoms with E-state index in [4.69, 9.17) is 9.15 Å². The van der Waals surface area contributed by atoms with Gasteiger partial charge in [0, 0.05) is 19.2 Å². The Morgan fingerprint density at radius 2 is 2.41 bits per heavy atom. The number of hydrogen-bond donors (Lipinski definition) is 1. The molecule has 0 fully saturated rings. The van der Waals surface area contributed by atoms with Crippen LogP contribution in [0.15, 0.2) is 45.6 Å². The highest BCUT2D eigenvalue weighted by molar-refractivity contribution is 6.06. The van der Waals surface area contributed by atoms with Gasteiger partial charge in [0.15, 0.2) is 11.8 Å². The van der Waals surface area contributed by atoms with Crippen molar-refractivity contribution < 1.29 is 13.9 Å². The summed E-state index contributed by atoms with van der Waals surface area (Å²) in [6, 6.07) is 3.56. The monoisotopic (exact) mass is 233 g/mol. The molecule has 1 aromatic rings. The van der Waals surface area contributed by atoms with E-state index < -0.39 is 0 Å². The first kappa shape index (κ1) is 11.0. The molecule has 0 saturated heterocycles. The van der Waals surface area contributed by atoms with Crippen LogP contribution in [0.1, 0.15) is 0 Å². The van der Waals surface area contributed by atoms with Crippen molar-refractivity contribution in [1.82, 2.24) is 5.32 Å². The average molecular weight is 233 g/mol. The fourth-order valence-electron chi connectivity index (χ4n) is 1.35. The van der Waals surface area contributed by atoms with Crippen LogP contribution in [0, 0.1) is 0 Å². The zero-order valence-corrected chi connectivity index (χ0v) is 9.43. The molecule has 0 unspecified atom stereocenters. The summed E-state index contributed by atoms with van der Waals surface area (Å²) < 4.78 is 10.3. The second-order valence-electron chi connectivity index (χ2n) is 3.27. The lowest BCUT2D eigenvalue weighted by Gasteiger charge is -2.20. The zero-order chi connectivity index (χ0) is 12.3. The van der Waals surface area contributed by atoms with Crippen LogP contribution in [0.3, 0.4) is 0 Å². The summed E-state index contributed by atoms with van der Waals surface area (Å²) in [5.74, 6) is 3.31. The Morgan fingerprint density at radius 1 is 1.59 bits per heavy atom. The third kappa shape index (κ3) is 2.21. The minimum absolute atomic E-state index is 0.0674. The Hall–Kier alpha value is -2.46. The fourth-order valence-corrected chi connectivity index (χ4v) is 1.35. The van der Waals surface area contributed by atoms with Gasteiger partial charge in [-0.3, -0.25) is 4.90 Å². The van der Waals surface area contributed by atoms with Crippen LogP contribution < -0.4 is 10.2 Å². The molecule has 0 aliphatic carbocycles. The first-order valence-electron chi connectivity index (χ1n) is 4.88. The number of amidine groups is 1. The van der Waals surface area contributed by atoms with Crippen LogP contribution >= 0.6 is 0 Å². The molecule has 0 saturated carbocycles. The molecule has 88 valence electrons. The van der Waals surface area contributed by atoms with Crippen molar-refractivity contribution in [3.8, 4) is 0 Å². The quantitative estimate of drug-likeness (QED) is 0.768. The summed E-state index contributed by atoms with van der Waals surface area (Å²) in [6.07, 6.45) is 3.22. The fraction of sp³-hybridized carbons (Fsp3) is 0.182. The van der Waals surface area contributed by atoms with Crippen molar-refractivity contribution in [1.29, 1.82) is 0 Å².